The first-order chi connectivity index (χ1) is 10.6. The van der Waals surface area contributed by atoms with Crippen molar-refractivity contribution in [3.8, 4) is 11.5 Å². The number of carbonyl (C=O) groups is 1. The SMILES string of the molecule is COc1cc(C)c(NC(=O)C(N)C2CCOCC2)cc1OC.Cl. The molecule has 0 bridgehead atoms. The van der Waals surface area contributed by atoms with Gasteiger partial charge in [0.2, 0.25) is 5.91 Å². The van der Waals surface area contributed by atoms with E-state index in [4.69, 9.17) is 19.9 Å². The van der Waals surface area contributed by atoms with E-state index in [1.165, 1.54) is 0 Å². The number of methoxy groups -OCH3 is 2. The van der Waals surface area contributed by atoms with Crippen LogP contribution in [0, 0.1) is 12.8 Å². The van der Waals surface area contributed by atoms with Gasteiger partial charge in [0.05, 0.1) is 20.3 Å². The van der Waals surface area contributed by atoms with Crippen molar-refractivity contribution in [2.45, 2.75) is 25.8 Å². The van der Waals surface area contributed by atoms with Gasteiger partial charge in [0, 0.05) is 25.0 Å². The number of ether oxygens (including phenoxy) is 3. The van der Waals surface area contributed by atoms with E-state index in [9.17, 15) is 4.79 Å². The van der Waals surface area contributed by atoms with Gasteiger partial charge in [-0.15, -0.1) is 12.4 Å². The van der Waals surface area contributed by atoms with E-state index in [0.29, 0.717) is 30.4 Å². The van der Waals surface area contributed by atoms with Crippen LogP contribution in [0.5, 0.6) is 11.5 Å². The molecule has 1 atom stereocenters. The van der Waals surface area contributed by atoms with Gasteiger partial charge in [-0.25, -0.2) is 0 Å². The molecule has 3 N–H and O–H groups in total. The van der Waals surface area contributed by atoms with E-state index in [2.05, 4.69) is 5.32 Å². The number of aryl methyl sites for hydroxylation is 1. The summed E-state index contributed by atoms with van der Waals surface area (Å²) in [6.07, 6.45) is 1.64. The maximum absolute atomic E-state index is 12.4. The van der Waals surface area contributed by atoms with Crippen LogP contribution in [0.25, 0.3) is 0 Å². The lowest BCUT2D eigenvalue weighted by molar-refractivity contribution is -0.119. The minimum absolute atomic E-state index is 0. The monoisotopic (exact) mass is 344 g/mol. The Morgan fingerprint density at radius 2 is 1.83 bits per heavy atom. The smallest absolute Gasteiger partial charge is 0.241 e. The summed E-state index contributed by atoms with van der Waals surface area (Å²) < 4.78 is 15.8. The van der Waals surface area contributed by atoms with Crippen molar-refractivity contribution in [3.05, 3.63) is 17.7 Å². The van der Waals surface area contributed by atoms with Gasteiger partial charge < -0.3 is 25.3 Å². The maximum atomic E-state index is 12.4. The number of rotatable bonds is 5. The Balaban J connectivity index is 0.00000264. The van der Waals surface area contributed by atoms with Crippen LogP contribution >= 0.6 is 12.4 Å². The highest BCUT2D eigenvalue weighted by Crippen LogP contribution is 2.33. The van der Waals surface area contributed by atoms with Crippen LogP contribution in [0.3, 0.4) is 0 Å². The lowest BCUT2D eigenvalue weighted by Crippen LogP contribution is -2.44. The summed E-state index contributed by atoms with van der Waals surface area (Å²) in [5, 5.41) is 2.89. The summed E-state index contributed by atoms with van der Waals surface area (Å²) in [4.78, 5) is 12.4. The molecule has 1 heterocycles. The van der Waals surface area contributed by atoms with Gasteiger partial charge >= 0.3 is 0 Å². The number of anilines is 1. The third-order valence-electron chi connectivity index (χ3n) is 4.06. The second-order valence-corrected chi connectivity index (χ2v) is 5.49. The van der Waals surface area contributed by atoms with E-state index in [1.807, 2.05) is 13.0 Å². The normalized spacial score (nSPS) is 16.2. The molecule has 1 unspecified atom stereocenters. The highest BCUT2D eigenvalue weighted by Gasteiger charge is 2.27. The number of nitrogens with one attached hydrogen (secondary N) is 1. The second kappa shape index (κ2) is 8.96. The predicted octanol–water partition coefficient (Wildman–Crippen LogP) is 2.13. The molecule has 0 radical (unpaired) electrons. The average molecular weight is 345 g/mol. The van der Waals surface area contributed by atoms with Crippen LogP contribution in [0.2, 0.25) is 0 Å². The van der Waals surface area contributed by atoms with Crippen molar-refractivity contribution >= 4 is 24.0 Å². The van der Waals surface area contributed by atoms with Crippen LogP contribution in [0.15, 0.2) is 12.1 Å². The second-order valence-electron chi connectivity index (χ2n) is 5.49. The van der Waals surface area contributed by atoms with Crippen LogP contribution in [0.1, 0.15) is 18.4 Å². The van der Waals surface area contributed by atoms with Crippen molar-refractivity contribution in [2.75, 3.05) is 32.8 Å². The third kappa shape index (κ3) is 4.73. The van der Waals surface area contributed by atoms with Crippen molar-refractivity contribution in [2.24, 2.45) is 11.7 Å². The molecule has 1 aliphatic rings. The Kier molecular flexibility index (Phi) is 7.61. The quantitative estimate of drug-likeness (QED) is 0.855. The van der Waals surface area contributed by atoms with Gasteiger partial charge in [0.15, 0.2) is 11.5 Å². The van der Waals surface area contributed by atoms with Crippen LogP contribution < -0.4 is 20.5 Å². The van der Waals surface area contributed by atoms with E-state index in [-0.39, 0.29) is 24.2 Å². The molecule has 0 saturated carbocycles. The number of nitrogens with two attached hydrogens (primary N) is 1. The topological polar surface area (TPSA) is 82.8 Å². The highest BCUT2D eigenvalue weighted by atomic mass is 35.5. The van der Waals surface area contributed by atoms with Gasteiger partial charge in [-0.1, -0.05) is 0 Å². The fraction of sp³-hybridized carbons (Fsp3) is 0.562. The number of hydrogen-bond donors (Lipinski definition) is 2. The molecule has 1 saturated heterocycles. The van der Waals surface area contributed by atoms with Gasteiger partial charge in [-0.3, -0.25) is 4.79 Å². The summed E-state index contributed by atoms with van der Waals surface area (Å²) in [5.41, 5.74) is 7.67. The first-order valence-electron chi connectivity index (χ1n) is 7.43. The number of hydrogen-bond acceptors (Lipinski definition) is 5. The third-order valence-corrected chi connectivity index (χ3v) is 4.06. The molecular weight excluding hydrogens is 320 g/mol. The average Bonchev–Trinajstić information content (AvgIpc) is 2.56. The maximum Gasteiger partial charge on any atom is 0.241 e. The van der Waals surface area contributed by atoms with Crippen LogP contribution in [-0.4, -0.2) is 39.4 Å². The zero-order valence-electron chi connectivity index (χ0n) is 13.8. The zero-order valence-corrected chi connectivity index (χ0v) is 14.6. The summed E-state index contributed by atoms with van der Waals surface area (Å²) in [6, 6.07) is 3.05. The molecule has 1 aliphatic heterocycles. The molecule has 23 heavy (non-hydrogen) atoms. The molecule has 7 heteroatoms. The van der Waals surface area contributed by atoms with Crippen molar-refractivity contribution in [1.29, 1.82) is 0 Å². The Morgan fingerprint density at radius 3 is 2.39 bits per heavy atom. The fourth-order valence-electron chi connectivity index (χ4n) is 2.62. The molecule has 1 fully saturated rings. The summed E-state index contributed by atoms with van der Waals surface area (Å²) in [6.45, 7) is 3.24. The van der Waals surface area contributed by atoms with Crippen molar-refractivity contribution < 1.29 is 19.0 Å². The zero-order chi connectivity index (χ0) is 16.1. The first kappa shape index (κ1) is 19.5. The van der Waals surface area contributed by atoms with Crippen LogP contribution in [0.4, 0.5) is 5.69 Å². The fourth-order valence-corrected chi connectivity index (χ4v) is 2.62. The molecule has 1 aromatic carbocycles. The number of amides is 1. The molecule has 1 aromatic rings. The predicted molar refractivity (Wildman–Crippen MR) is 91.7 cm³/mol. The number of halogens is 1. The van der Waals surface area contributed by atoms with Gasteiger partial charge in [-0.05, 0) is 37.3 Å². The van der Waals surface area contributed by atoms with Crippen molar-refractivity contribution in [1.82, 2.24) is 0 Å². The highest BCUT2D eigenvalue weighted by molar-refractivity contribution is 5.95. The molecule has 130 valence electrons. The van der Waals surface area contributed by atoms with E-state index < -0.39 is 6.04 Å². The van der Waals surface area contributed by atoms with Crippen molar-refractivity contribution in [3.63, 3.8) is 0 Å². The Bertz CT molecular complexity index is 533. The largest absolute Gasteiger partial charge is 0.493 e. The lowest BCUT2D eigenvalue weighted by atomic mass is 9.92. The van der Waals surface area contributed by atoms with Gasteiger partial charge in [-0.2, -0.15) is 0 Å². The molecule has 0 aliphatic carbocycles. The van der Waals surface area contributed by atoms with E-state index in [0.717, 1.165) is 18.4 Å². The summed E-state index contributed by atoms with van der Waals surface area (Å²) >= 11 is 0. The van der Waals surface area contributed by atoms with Crippen LogP contribution in [-0.2, 0) is 9.53 Å². The standard InChI is InChI=1S/C16H24N2O4.ClH/c1-10-8-13(20-2)14(21-3)9-12(10)18-16(19)15(17)11-4-6-22-7-5-11;/h8-9,11,15H,4-7,17H2,1-3H3,(H,18,19);1H. The summed E-state index contributed by atoms with van der Waals surface area (Å²) in [7, 11) is 3.14. The van der Waals surface area contributed by atoms with E-state index >= 15 is 0 Å². The molecular formula is C16H25ClN2O4. The molecule has 0 spiro atoms. The van der Waals surface area contributed by atoms with E-state index in [1.54, 1.807) is 20.3 Å². The Morgan fingerprint density at radius 1 is 1.26 bits per heavy atom. The Labute approximate surface area is 143 Å². The number of carbonyl (C=O) groups excluding carboxylic acids is 1. The Hall–Kier alpha value is -1.50. The lowest BCUT2D eigenvalue weighted by Gasteiger charge is -2.27. The minimum Gasteiger partial charge on any atom is -0.493 e. The molecule has 6 nitrogen and oxygen atoms in total. The van der Waals surface area contributed by atoms with Gasteiger partial charge in [0.25, 0.3) is 0 Å². The molecule has 2 rings (SSSR count). The summed E-state index contributed by atoms with van der Waals surface area (Å²) in [5.74, 6) is 1.19. The minimum atomic E-state index is -0.531. The number of benzene rings is 1. The molecule has 0 aromatic heterocycles. The van der Waals surface area contributed by atoms with Gasteiger partial charge in [0.1, 0.15) is 0 Å². The molecule has 1 amide bonds. The first-order valence-corrected chi connectivity index (χ1v) is 7.43.